The fraction of sp³-hybridized carbons (Fsp3) is 0.571. The Hall–Kier alpha value is -1.83. The van der Waals surface area contributed by atoms with Gasteiger partial charge in [0.2, 0.25) is 0 Å². The van der Waals surface area contributed by atoms with Gasteiger partial charge in [-0.05, 0) is 25.1 Å². The van der Waals surface area contributed by atoms with Gasteiger partial charge in [0.05, 0.1) is 12.0 Å². The quantitative estimate of drug-likeness (QED) is 0.921. The molecule has 0 amide bonds. The van der Waals surface area contributed by atoms with Gasteiger partial charge >= 0.3 is 12.1 Å². The van der Waals surface area contributed by atoms with Crippen molar-refractivity contribution in [1.29, 1.82) is 0 Å². The van der Waals surface area contributed by atoms with E-state index < -0.39 is 17.7 Å². The molecule has 0 spiro atoms. The first-order valence-electron chi connectivity index (χ1n) is 7.09. The molecule has 0 unspecified atom stereocenters. The molecule has 122 valence electrons. The minimum atomic E-state index is -4.43. The van der Waals surface area contributed by atoms with Crippen molar-refractivity contribution < 1.29 is 23.1 Å². The summed E-state index contributed by atoms with van der Waals surface area (Å²) >= 11 is 0. The molecular weight excluding hydrogens is 299 g/mol. The number of aromatic nitrogens is 1. The van der Waals surface area contributed by atoms with E-state index in [1.165, 1.54) is 12.3 Å². The van der Waals surface area contributed by atoms with E-state index in [0.717, 1.165) is 6.07 Å². The van der Waals surface area contributed by atoms with Gasteiger partial charge in [-0.3, -0.25) is 4.79 Å². The van der Waals surface area contributed by atoms with Crippen molar-refractivity contribution >= 4 is 11.8 Å². The number of nitrogens with zero attached hydrogens (tertiary/aromatic N) is 3. The Labute approximate surface area is 126 Å². The van der Waals surface area contributed by atoms with Gasteiger partial charge in [0.1, 0.15) is 5.82 Å². The lowest BCUT2D eigenvalue weighted by Gasteiger charge is -2.25. The van der Waals surface area contributed by atoms with Crippen LogP contribution in [0.5, 0.6) is 0 Å². The van der Waals surface area contributed by atoms with Crippen molar-refractivity contribution in [1.82, 2.24) is 9.88 Å². The molecule has 2 rings (SSSR count). The molecule has 1 aliphatic rings. The van der Waals surface area contributed by atoms with Crippen LogP contribution in [0.2, 0.25) is 0 Å². The molecule has 1 saturated heterocycles. The molecule has 1 fully saturated rings. The summed E-state index contributed by atoms with van der Waals surface area (Å²) in [4.78, 5) is 18.1. The number of anilines is 1. The lowest BCUT2D eigenvalue weighted by Crippen LogP contribution is -2.33. The maximum absolute atomic E-state index is 13.0. The Morgan fingerprint density at radius 1 is 1.27 bits per heavy atom. The van der Waals surface area contributed by atoms with Gasteiger partial charge in [0.15, 0.2) is 0 Å². The first-order valence-corrected chi connectivity index (χ1v) is 7.09. The number of aliphatic carboxylic acids is 1. The van der Waals surface area contributed by atoms with E-state index in [0.29, 0.717) is 39.1 Å². The summed E-state index contributed by atoms with van der Waals surface area (Å²) in [6, 6.07) is 2.32. The van der Waals surface area contributed by atoms with E-state index in [1.807, 2.05) is 4.90 Å². The van der Waals surface area contributed by atoms with E-state index >= 15 is 0 Å². The number of halogens is 3. The molecule has 0 aromatic carbocycles. The molecule has 22 heavy (non-hydrogen) atoms. The molecule has 0 saturated carbocycles. The lowest BCUT2D eigenvalue weighted by atomic mass is 10.2. The van der Waals surface area contributed by atoms with Crippen LogP contribution in [0.1, 0.15) is 18.4 Å². The third-order valence-electron chi connectivity index (χ3n) is 3.62. The molecule has 0 radical (unpaired) electrons. The Morgan fingerprint density at radius 3 is 2.73 bits per heavy atom. The van der Waals surface area contributed by atoms with Gasteiger partial charge in [-0.2, -0.15) is 13.2 Å². The van der Waals surface area contributed by atoms with E-state index in [2.05, 4.69) is 4.98 Å². The zero-order valence-corrected chi connectivity index (χ0v) is 12.0. The third-order valence-corrected chi connectivity index (χ3v) is 3.62. The van der Waals surface area contributed by atoms with Gasteiger partial charge in [-0.15, -0.1) is 0 Å². The highest BCUT2D eigenvalue weighted by molar-refractivity contribution is 5.66. The van der Waals surface area contributed by atoms with Gasteiger partial charge < -0.3 is 14.9 Å². The second kappa shape index (κ2) is 6.95. The minimum Gasteiger partial charge on any atom is -0.481 e. The zero-order chi connectivity index (χ0) is 16.2. The van der Waals surface area contributed by atoms with Crippen molar-refractivity contribution in [2.45, 2.75) is 19.0 Å². The highest BCUT2D eigenvalue weighted by atomic mass is 19.4. The lowest BCUT2D eigenvalue weighted by molar-refractivity contribution is -0.138. The van der Waals surface area contributed by atoms with Crippen LogP contribution in [-0.4, -0.2) is 53.7 Å². The van der Waals surface area contributed by atoms with E-state index in [4.69, 9.17) is 5.11 Å². The molecule has 8 heteroatoms. The maximum Gasteiger partial charge on any atom is 0.419 e. The molecule has 1 aromatic rings. The smallest absolute Gasteiger partial charge is 0.419 e. The predicted octanol–water partition coefficient (Wildman–Crippen LogP) is 2.09. The molecule has 1 aliphatic heterocycles. The number of carboxylic acid groups (broad SMARTS) is 1. The van der Waals surface area contributed by atoms with Crippen LogP contribution in [0.15, 0.2) is 18.3 Å². The molecule has 0 aliphatic carbocycles. The first kappa shape index (κ1) is 16.5. The van der Waals surface area contributed by atoms with Crippen molar-refractivity contribution in [3.05, 3.63) is 23.9 Å². The highest BCUT2D eigenvalue weighted by Gasteiger charge is 2.35. The minimum absolute atomic E-state index is 0.0391. The monoisotopic (exact) mass is 317 g/mol. The second-order valence-corrected chi connectivity index (χ2v) is 5.20. The topological polar surface area (TPSA) is 56.7 Å². The summed E-state index contributed by atoms with van der Waals surface area (Å²) in [5.41, 5.74) is -0.728. The SMILES string of the molecule is O=C(O)CCN1CCCN(c2ncccc2C(F)(F)F)CC1. The molecule has 5 nitrogen and oxygen atoms in total. The Balaban J connectivity index is 2.07. The molecule has 0 bridgehead atoms. The van der Waals surface area contributed by atoms with Crippen molar-refractivity contribution in [3.8, 4) is 0 Å². The molecule has 0 atom stereocenters. The summed E-state index contributed by atoms with van der Waals surface area (Å²) in [5, 5.41) is 8.70. The zero-order valence-electron chi connectivity index (χ0n) is 12.0. The maximum atomic E-state index is 13.0. The average molecular weight is 317 g/mol. The van der Waals surface area contributed by atoms with Crippen LogP contribution in [-0.2, 0) is 11.0 Å². The van der Waals surface area contributed by atoms with Crippen LogP contribution >= 0.6 is 0 Å². The normalized spacial score (nSPS) is 17.3. The van der Waals surface area contributed by atoms with Gasteiger partial charge in [-0.1, -0.05) is 0 Å². The Bertz CT molecular complexity index is 522. The third kappa shape index (κ3) is 4.33. The van der Waals surface area contributed by atoms with Crippen LogP contribution in [0.4, 0.5) is 19.0 Å². The van der Waals surface area contributed by atoms with Gasteiger partial charge in [0, 0.05) is 32.4 Å². The standard InChI is InChI=1S/C14H18F3N3O2/c15-14(16,17)11-3-1-5-18-13(11)20-7-2-6-19(9-10-20)8-4-12(21)22/h1,3,5H,2,4,6-10H2,(H,21,22). The number of carbonyl (C=O) groups is 1. The number of carboxylic acids is 1. The second-order valence-electron chi connectivity index (χ2n) is 5.20. The van der Waals surface area contributed by atoms with Crippen molar-refractivity contribution in [2.75, 3.05) is 37.6 Å². The number of pyridine rings is 1. The predicted molar refractivity (Wildman–Crippen MR) is 74.8 cm³/mol. The van der Waals surface area contributed by atoms with E-state index in [1.54, 1.807) is 4.90 Å². The van der Waals surface area contributed by atoms with Crippen LogP contribution < -0.4 is 4.90 Å². The first-order chi connectivity index (χ1) is 10.4. The highest BCUT2D eigenvalue weighted by Crippen LogP contribution is 2.35. The number of rotatable bonds is 4. The van der Waals surface area contributed by atoms with E-state index in [-0.39, 0.29) is 12.2 Å². The summed E-state index contributed by atoms with van der Waals surface area (Å²) < 4.78 is 39.1. The molecule has 1 N–H and O–H groups in total. The van der Waals surface area contributed by atoms with Crippen LogP contribution in [0, 0.1) is 0 Å². The van der Waals surface area contributed by atoms with E-state index in [9.17, 15) is 18.0 Å². The molecule has 1 aromatic heterocycles. The van der Waals surface area contributed by atoms with Crippen molar-refractivity contribution in [3.63, 3.8) is 0 Å². The average Bonchev–Trinajstić information content (AvgIpc) is 2.69. The van der Waals surface area contributed by atoms with Crippen molar-refractivity contribution in [2.24, 2.45) is 0 Å². The Kier molecular flexibility index (Phi) is 5.23. The van der Waals surface area contributed by atoms with Crippen LogP contribution in [0.25, 0.3) is 0 Å². The summed E-state index contributed by atoms with van der Waals surface area (Å²) in [6.07, 6.45) is -2.36. The number of hydrogen-bond acceptors (Lipinski definition) is 4. The largest absolute Gasteiger partial charge is 0.481 e. The summed E-state index contributed by atoms with van der Waals surface area (Å²) in [5.74, 6) is -0.916. The fourth-order valence-electron chi connectivity index (χ4n) is 2.53. The molecular formula is C14H18F3N3O2. The van der Waals surface area contributed by atoms with Crippen LogP contribution in [0.3, 0.4) is 0 Å². The fourth-order valence-corrected chi connectivity index (χ4v) is 2.53. The number of hydrogen-bond donors (Lipinski definition) is 1. The summed E-state index contributed by atoms with van der Waals surface area (Å²) in [7, 11) is 0. The Morgan fingerprint density at radius 2 is 2.05 bits per heavy atom. The van der Waals surface area contributed by atoms with Gasteiger partial charge in [-0.25, -0.2) is 4.98 Å². The summed E-state index contributed by atoms with van der Waals surface area (Å²) in [6.45, 7) is 2.50. The number of alkyl halides is 3. The van der Waals surface area contributed by atoms with Gasteiger partial charge in [0.25, 0.3) is 0 Å². The molecule has 2 heterocycles.